The Hall–Kier alpha value is -1.77. The monoisotopic (exact) mass is 391 g/mol. The van der Waals surface area contributed by atoms with Gasteiger partial charge in [0.2, 0.25) is 0 Å². The quantitative estimate of drug-likeness (QED) is 0.190. The van der Waals surface area contributed by atoms with Crippen molar-refractivity contribution in [1.82, 2.24) is 0 Å². The minimum Gasteiger partial charge on any atom is -0.491 e. The van der Waals surface area contributed by atoms with Gasteiger partial charge in [-0.2, -0.15) is 0 Å². The van der Waals surface area contributed by atoms with Crippen molar-refractivity contribution >= 4 is 12.6 Å². The lowest BCUT2D eigenvalue weighted by Crippen LogP contribution is -2.41. The molecule has 1 aliphatic heterocycles. The summed E-state index contributed by atoms with van der Waals surface area (Å²) in [5.74, 6) is 0.784. The van der Waals surface area contributed by atoms with Crippen LogP contribution in [0.3, 0.4) is 0 Å². The fraction of sp³-hybridized carbons (Fsp3) is 0.684. The molecule has 1 aromatic carbocycles. The van der Waals surface area contributed by atoms with E-state index in [-0.39, 0.29) is 18.3 Å². The number of benzene rings is 1. The van der Waals surface area contributed by atoms with Crippen LogP contribution in [0.15, 0.2) is 23.3 Å². The van der Waals surface area contributed by atoms with Crippen molar-refractivity contribution in [2.24, 2.45) is 5.11 Å². The van der Waals surface area contributed by atoms with E-state index < -0.39 is 0 Å². The highest BCUT2D eigenvalue weighted by atomic mass is 16.7. The van der Waals surface area contributed by atoms with Gasteiger partial charge in [-0.05, 0) is 63.3 Å². The first-order chi connectivity index (χ1) is 13.3. The molecule has 1 saturated heterocycles. The third-order valence-corrected chi connectivity index (χ3v) is 5.02. The zero-order valence-corrected chi connectivity index (χ0v) is 17.4. The summed E-state index contributed by atoms with van der Waals surface area (Å²) in [5, 5.41) is 3.38. The Morgan fingerprint density at radius 3 is 2.21 bits per heavy atom. The maximum Gasteiger partial charge on any atom is 0.495 e. The lowest BCUT2D eigenvalue weighted by molar-refractivity contribution is 0.00578. The third-order valence-electron chi connectivity index (χ3n) is 5.02. The summed E-state index contributed by atoms with van der Waals surface area (Å²) in [5.41, 5.74) is 9.50. The van der Waals surface area contributed by atoms with Crippen molar-refractivity contribution in [3.8, 4) is 5.75 Å². The van der Waals surface area contributed by atoms with E-state index >= 15 is 0 Å². The number of aryl methyl sites for hydroxylation is 1. The molecule has 0 aromatic heterocycles. The van der Waals surface area contributed by atoms with E-state index in [2.05, 4.69) is 10.0 Å². The van der Waals surface area contributed by atoms with E-state index in [1.54, 1.807) is 0 Å². The Bertz CT molecular complexity index is 676. The van der Waals surface area contributed by atoms with E-state index in [0.717, 1.165) is 16.8 Å². The molecule has 28 heavy (non-hydrogen) atoms. The number of hydrogen-bond acceptors (Lipinski definition) is 6. The van der Waals surface area contributed by atoms with Crippen molar-refractivity contribution in [2.75, 3.05) is 39.6 Å². The van der Waals surface area contributed by atoms with Crippen LogP contribution in [0.2, 0.25) is 0 Å². The van der Waals surface area contributed by atoms with Gasteiger partial charge in [0.25, 0.3) is 0 Å². The van der Waals surface area contributed by atoms with Gasteiger partial charge < -0.3 is 23.5 Å². The predicted molar refractivity (Wildman–Crippen MR) is 108 cm³/mol. The first-order valence-electron chi connectivity index (χ1n) is 9.52. The van der Waals surface area contributed by atoms with Crippen LogP contribution in [0.4, 0.5) is 0 Å². The smallest absolute Gasteiger partial charge is 0.491 e. The average molecular weight is 391 g/mol. The van der Waals surface area contributed by atoms with Gasteiger partial charge in [-0.15, -0.1) is 0 Å². The maximum absolute atomic E-state index is 8.14. The standard InChI is InChI=1S/C19H30BN3O5/c1-15-14-16(26-13-12-25-11-10-24-9-8-22-23-21)6-7-17(15)20-27-18(2,3)19(4,5)28-20/h6-7,14H,8-13H2,1-5H3. The molecule has 1 aliphatic rings. The van der Waals surface area contributed by atoms with Crippen LogP contribution < -0.4 is 10.2 Å². The third kappa shape index (κ3) is 6.12. The van der Waals surface area contributed by atoms with E-state index in [0.29, 0.717) is 39.6 Å². The predicted octanol–water partition coefficient (Wildman–Crippen LogP) is 3.02. The molecule has 0 unspecified atom stereocenters. The molecule has 0 bridgehead atoms. The van der Waals surface area contributed by atoms with E-state index in [1.807, 2.05) is 52.8 Å². The van der Waals surface area contributed by atoms with Crippen molar-refractivity contribution < 1.29 is 23.5 Å². The summed E-state index contributed by atoms with van der Waals surface area (Å²) >= 11 is 0. The average Bonchev–Trinajstić information content (AvgIpc) is 2.84. The molecular weight excluding hydrogens is 361 g/mol. The fourth-order valence-electron chi connectivity index (χ4n) is 2.66. The second kappa shape index (κ2) is 10.1. The highest BCUT2D eigenvalue weighted by Crippen LogP contribution is 2.36. The second-order valence-electron chi connectivity index (χ2n) is 7.63. The molecule has 1 aromatic rings. The maximum atomic E-state index is 8.14. The SMILES string of the molecule is Cc1cc(OCCOCCOCCN=[N+]=[N-])ccc1B1OC(C)(C)C(C)(C)O1. The van der Waals surface area contributed by atoms with Crippen LogP contribution in [-0.2, 0) is 18.8 Å². The summed E-state index contributed by atoms with van der Waals surface area (Å²) in [6, 6.07) is 5.90. The molecule has 0 saturated carbocycles. The van der Waals surface area contributed by atoms with Crippen molar-refractivity contribution in [3.63, 3.8) is 0 Å². The zero-order chi connectivity index (χ0) is 20.6. The molecule has 0 radical (unpaired) electrons. The molecule has 1 heterocycles. The Balaban J connectivity index is 1.71. The van der Waals surface area contributed by atoms with Gasteiger partial charge in [0.15, 0.2) is 0 Å². The summed E-state index contributed by atoms with van der Waals surface area (Å²) in [7, 11) is -0.374. The molecule has 2 rings (SSSR count). The second-order valence-corrected chi connectivity index (χ2v) is 7.63. The largest absolute Gasteiger partial charge is 0.495 e. The Labute approximate surface area is 167 Å². The topological polar surface area (TPSA) is 94.9 Å². The minimum atomic E-state index is -0.374. The molecule has 0 atom stereocenters. The van der Waals surface area contributed by atoms with Gasteiger partial charge in [0.05, 0.1) is 37.6 Å². The van der Waals surface area contributed by atoms with Crippen molar-refractivity contribution in [1.29, 1.82) is 0 Å². The highest BCUT2D eigenvalue weighted by molar-refractivity contribution is 6.62. The van der Waals surface area contributed by atoms with Gasteiger partial charge in [-0.3, -0.25) is 0 Å². The first kappa shape index (κ1) is 22.5. The van der Waals surface area contributed by atoms with E-state index in [1.165, 1.54) is 0 Å². The summed E-state index contributed by atoms with van der Waals surface area (Å²) in [4.78, 5) is 2.65. The Kier molecular flexibility index (Phi) is 8.16. The van der Waals surface area contributed by atoms with Crippen LogP contribution in [0, 0.1) is 6.92 Å². The number of azide groups is 1. The van der Waals surface area contributed by atoms with Crippen molar-refractivity contribution in [2.45, 2.75) is 45.8 Å². The molecule has 0 amide bonds. The molecule has 0 aliphatic carbocycles. The molecule has 154 valence electrons. The van der Waals surface area contributed by atoms with Crippen LogP contribution in [0.5, 0.6) is 5.75 Å². The Morgan fingerprint density at radius 2 is 1.61 bits per heavy atom. The number of hydrogen-bond donors (Lipinski definition) is 0. The van der Waals surface area contributed by atoms with Gasteiger partial charge in [-0.1, -0.05) is 11.2 Å². The minimum absolute atomic E-state index is 0.334. The number of nitrogens with zero attached hydrogens (tertiary/aromatic N) is 3. The van der Waals surface area contributed by atoms with Crippen LogP contribution >= 0.6 is 0 Å². The fourth-order valence-corrected chi connectivity index (χ4v) is 2.66. The number of ether oxygens (including phenoxy) is 3. The molecule has 0 N–H and O–H groups in total. The molecule has 9 heteroatoms. The molecule has 0 spiro atoms. The Morgan fingerprint density at radius 1 is 1.00 bits per heavy atom. The van der Waals surface area contributed by atoms with Gasteiger partial charge in [0, 0.05) is 11.5 Å². The molecule has 1 fully saturated rings. The summed E-state index contributed by atoms with van der Waals surface area (Å²) < 4.78 is 28.7. The highest BCUT2D eigenvalue weighted by Gasteiger charge is 2.52. The van der Waals surface area contributed by atoms with Crippen LogP contribution in [0.1, 0.15) is 33.3 Å². The van der Waals surface area contributed by atoms with Crippen molar-refractivity contribution in [3.05, 3.63) is 34.2 Å². The van der Waals surface area contributed by atoms with Gasteiger partial charge in [0.1, 0.15) is 12.4 Å². The zero-order valence-electron chi connectivity index (χ0n) is 17.4. The number of rotatable bonds is 11. The summed E-state index contributed by atoms with van der Waals surface area (Å²) in [6.45, 7) is 12.8. The first-order valence-corrected chi connectivity index (χ1v) is 9.52. The lowest BCUT2D eigenvalue weighted by Gasteiger charge is -2.32. The van der Waals surface area contributed by atoms with Gasteiger partial charge in [-0.25, -0.2) is 0 Å². The van der Waals surface area contributed by atoms with Crippen LogP contribution in [0.25, 0.3) is 10.4 Å². The van der Waals surface area contributed by atoms with Crippen LogP contribution in [-0.4, -0.2) is 57.9 Å². The lowest BCUT2D eigenvalue weighted by atomic mass is 9.76. The van der Waals surface area contributed by atoms with E-state index in [9.17, 15) is 0 Å². The molecular formula is C19H30BN3O5. The normalized spacial score (nSPS) is 17.4. The summed E-state index contributed by atoms with van der Waals surface area (Å²) in [6.07, 6.45) is 0. The molecule has 8 nitrogen and oxygen atoms in total. The van der Waals surface area contributed by atoms with E-state index in [4.69, 9.17) is 29.1 Å². The van der Waals surface area contributed by atoms with Gasteiger partial charge >= 0.3 is 7.12 Å².